The van der Waals surface area contributed by atoms with E-state index in [2.05, 4.69) is 48.7 Å². The number of aromatic nitrogens is 4. The number of nitrogens with zero attached hydrogens (tertiary/aromatic N) is 4. The van der Waals surface area contributed by atoms with Crippen LogP contribution >= 0.6 is 0 Å². The molecule has 0 saturated heterocycles. The molecule has 0 radical (unpaired) electrons. The smallest absolute Gasteiger partial charge is 0.319 e. The molecule has 12 heteroatoms. The molecule has 1 unspecified atom stereocenters. The van der Waals surface area contributed by atoms with Gasteiger partial charge in [-0.3, -0.25) is 20.2 Å². The summed E-state index contributed by atoms with van der Waals surface area (Å²) >= 11 is 0. The van der Waals surface area contributed by atoms with Gasteiger partial charge in [0.1, 0.15) is 0 Å². The van der Waals surface area contributed by atoms with E-state index in [9.17, 15) is 19.7 Å². The van der Waals surface area contributed by atoms with Crippen LogP contribution in [0.5, 0.6) is 0 Å². The Bertz CT molecular complexity index is 1470. The van der Waals surface area contributed by atoms with E-state index >= 15 is 0 Å². The van der Waals surface area contributed by atoms with Crippen LogP contribution in [0.25, 0.3) is 0 Å². The average Bonchev–Trinajstić information content (AvgIpc) is 3.50. The number of aromatic amines is 1. The molecular weight excluding hydrogens is 512 g/mol. The highest BCUT2D eigenvalue weighted by atomic mass is 16.6. The van der Waals surface area contributed by atoms with E-state index in [1.54, 1.807) is 30.3 Å². The highest BCUT2D eigenvalue weighted by Crippen LogP contribution is 2.33. The lowest BCUT2D eigenvalue weighted by Crippen LogP contribution is -2.33. The number of benzene rings is 3. The normalized spacial score (nSPS) is 14.2. The number of amides is 3. The Kier molecular flexibility index (Phi) is 8.05. The number of carbonyl (C=O) groups excluding carboxylic acids is 2. The van der Waals surface area contributed by atoms with Crippen LogP contribution in [0.4, 0.5) is 22.1 Å². The number of non-ortho nitro benzene ring substituents is 1. The molecule has 0 spiro atoms. The SMILES string of the molecule is O=C(Nc1cccc([N+](=O)[O-])c1)NC(c1ccc(C(=O)Nc2nn[nH]n2)cc1)c1ccc(C2CCCCC2)cc1. The predicted molar refractivity (Wildman–Crippen MR) is 148 cm³/mol. The van der Waals surface area contributed by atoms with E-state index < -0.39 is 22.9 Å². The number of carbonyl (C=O) groups is 2. The number of rotatable bonds is 8. The second-order valence-electron chi connectivity index (χ2n) is 9.65. The van der Waals surface area contributed by atoms with Gasteiger partial charge < -0.3 is 10.6 Å². The summed E-state index contributed by atoms with van der Waals surface area (Å²) in [6, 6.07) is 19.7. The minimum Gasteiger partial charge on any atom is -0.327 e. The van der Waals surface area contributed by atoms with Gasteiger partial charge in [-0.05, 0) is 58.9 Å². The summed E-state index contributed by atoms with van der Waals surface area (Å²) in [6.45, 7) is 0. The third-order valence-electron chi connectivity index (χ3n) is 7.01. The van der Waals surface area contributed by atoms with E-state index in [-0.39, 0.29) is 11.6 Å². The number of H-pyrrole nitrogens is 1. The van der Waals surface area contributed by atoms with Gasteiger partial charge in [-0.15, -0.1) is 5.10 Å². The van der Waals surface area contributed by atoms with Crippen LogP contribution in [0.15, 0.2) is 72.8 Å². The molecule has 4 aromatic rings. The molecule has 3 aromatic carbocycles. The fourth-order valence-corrected chi connectivity index (χ4v) is 4.97. The van der Waals surface area contributed by atoms with Crippen molar-refractivity contribution < 1.29 is 14.5 Å². The monoisotopic (exact) mass is 540 g/mol. The molecule has 0 aliphatic heterocycles. The number of hydrogen-bond acceptors (Lipinski definition) is 7. The quantitative estimate of drug-likeness (QED) is 0.173. The van der Waals surface area contributed by atoms with E-state index in [1.165, 1.54) is 55.9 Å². The van der Waals surface area contributed by atoms with Crippen LogP contribution in [0.2, 0.25) is 0 Å². The first kappa shape index (κ1) is 26.5. The van der Waals surface area contributed by atoms with Gasteiger partial charge in [0, 0.05) is 23.4 Å². The highest BCUT2D eigenvalue weighted by Gasteiger charge is 2.21. The fraction of sp³-hybridized carbons (Fsp3) is 0.250. The molecule has 1 heterocycles. The molecule has 1 aliphatic rings. The van der Waals surface area contributed by atoms with Gasteiger partial charge in [0.25, 0.3) is 17.5 Å². The summed E-state index contributed by atoms with van der Waals surface area (Å²) in [5, 5.41) is 32.5. The van der Waals surface area contributed by atoms with Crippen LogP contribution in [-0.4, -0.2) is 37.5 Å². The molecular formula is C28H28N8O4. The average molecular weight is 541 g/mol. The van der Waals surface area contributed by atoms with Crippen molar-refractivity contribution in [2.45, 2.75) is 44.1 Å². The van der Waals surface area contributed by atoms with Gasteiger partial charge >= 0.3 is 6.03 Å². The number of tetrazole rings is 1. The van der Waals surface area contributed by atoms with Gasteiger partial charge in [-0.2, -0.15) is 5.21 Å². The minimum absolute atomic E-state index is 0.0597. The zero-order chi connectivity index (χ0) is 27.9. The zero-order valence-electron chi connectivity index (χ0n) is 21.5. The van der Waals surface area contributed by atoms with Crippen molar-refractivity contribution in [1.82, 2.24) is 25.9 Å². The molecule has 204 valence electrons. The number of nitrogens with one attached hydrogen (secondary N) is 4. The predicted octanol–water partition coefficient (Wildman–Crippen LogP) is 5.32. The zero-order valence-corrected chi connectivity index (χ0v) is 21.5. The molecule has 1 atom stereocenters. The van der Waals surface area contributed by atoms with Crippen molar-refractivity contribution >= 4 is 29.3 Å². The first-order valence-corrected chi connectivity index (χ1v) is 13.0. The fourth-order valence-electron chi connectivity index (χ4n) is 4.97. The maximum atomic E-state index is 13.0. The second kappa shape index (κ2) is 12.2. The Morgan fingerprint density at radius 3 is 2.27 bits per heavy atom. The first-order chi connectivity index (χ1) is 19.5. The van der Waals surface area contributed by atoms with Crippen molar-refractivity contribution in [3.05, 3.63) is 105 Å². The summed E-state index contributed by atoms with van der Waals surface area (Å²) in [5.41, 5.74) is 3.44. The van der Waals surface area contributed by atoms with E-state index in [0.29, 0.717) is 17.2 Å². The van der Waals surface area contributed by atoms with Crippen molar-refractivity contribution in [3.63, 3.8) is 0 Å². The van der Waals surface area contributed by atoms with E-state index in [1.807, 2.05) is 12.1 Å². The van der Waals surface area contributed by atoms with Gasteiger partial charge in [-0.1, -0.05) is 66.8 Å². The highest BCUT2D eigenvalue weighted by molar-refractivity contribution is 6.03. The van der Waals surface area contributed by atoms with Crippen LogP contribution in [0.3, 0.4) is 0 Å². The summed E-state index contributed by atoms with van der Waals surface area (Å²) in [4.78, 5) is 36.2. The third kappa shape index (κ3) is 6.46. The van der Waals surface area contributed by atoms with Crippen molar-refractivity contribution in [3.8, 4) is 0 Å². The molecule has 3 amide bonds. The van der Waals surface area contributed by atoms with Gasteiger partial charge in [0.15, 0.2) is 0 Å². The molecule has 4 N–H and O–H groups in total. The number of anilines is 2. The van der Waals surface area contributed by atoms with Gasteiger partial charge in [0.05, 0.1) is 11.0 Å². The topological polar surface area (TPSA) is 168 Å². The molecule has 12 nitrogen and oxygen atoms in total. The molecule has 40 heavy (non-hydrogen) atoms. The first-order valence-electron chi connectivity index (χ1n) is 13.0. The van der Waals surface area contributed by atoms with Crippen molar-refractivity contribution in [2.24, 2.45) is 0 Å². The lowest BCUT2D eigenvalue weighted by molar-refractivity contribution is -0.384. The largest absolute Gasteiger partial charge is 0.327 e. The molecule has 1 fully saturated rings. The standard InChI is InChI=1S/C28H28N8O4/c37-26(31-27-32-34-35-33-27)22-15-13-21(14-16-22)25(20-11-9-19(10-12-20)18-5-2-1-3-6-18)30-28(38)29-23-7-4-8-24(17-23)36(39)40/h4,7-18,25H,1-3,5-6H2,(H2,29,30,38)(H2,31,32,33,34,35,37). The minimum atomic E-state index is -0.548. The number of urea groups is 1. The van der Waals surface area contributed by atoms with Crippen molar-refractivity contribution in [1.29, 1.82) is 0 Å². The molecule has 1 aliphatic carbocycles. The number of nitro benzene ring substituents is 1. The van der Waals surface area contributed by atoms with Gasteiger partial charge in [0.2, 0.25) is 0 Å². The Labute approximate surface area is 229 Å². The molecule has 1 aromatic heterocycles. The Morgan fingerprint density at radius 2 is 1.62 bits per heavy atom. The second-order valence-corrected chi connectivity index (χ2v) is 9.65. The van der Waals surface area contributed by atoms with E-state index in [0.717, 1.165) is 11.1 Å². The molecule has 0 bridgehead atoms. The maximum Gasteiger partial charge on any atom is 0.319 e. The molecule has 1 saturated carbocycles. The Morgan fingerprint density at radius 1 is 0.925 bits per heavy atom. The van der Waals surface area contributed by atoms with Crippen LogP contribution in [0, 0.1) is 10.1 Å². The van der Waals surface area contributed by atoms with Crippen LogP contribution in [0.1, 0.15) is 71.1 Å². The summed E-state index contributed by atoms with van der Waals surface area (Å²) in [6.07, 6.45) is 6.12. The van der Waals surface area contributed by atoms with E-state index in [4.69, 9.17) is 0 Å². The van der Waals surface area contributed by atoms with Gasteiger partial charge in [-0.25, -0.2) is 4.79 Å². The van der Waals surface area contributed by atoms with Crippen molar-refractivity contribution in [2.75, 3.05) is 10.6 Å². The summed E-state index contributed by atoms with van der Waals surface area (Å²) < 4.78 is 0. The number of hydrogen-bond donors (Lipinski definition) is 4. The summed E-state index contributed by atoms with van der Waals surface area (Å²) in [5.74, 6) is 0.200. The lowest BCUT2D eigenvalue weighted by Gasteiger charge is -2.24. The Hall–Kier alpha value is -5.13. The number of nitro groups is 1. The Balaban J connectivity index is 1.37. The third-order valence-corrected chi connectivity index (χ3v) is 7.01. The summed E-state index contributed by atoms with van der Waals surface area (Å²) in [7, 11) is 0. The lowest BCUT2D eigenvalue weighted by atomic mass is 9.83. The van der Waals surface area contributed by atoms with Crippen LogP contribution in [-0.2, 0) is 0 Å². The van der Waals surface area contributed by atoms with Crippen LogP contribution < -0.4 is 16.0 Å². The molecule has 5 rings (SSSR count). The maximum absolute atomic E-state index is 13.0.